The van der Waals surface area contributed by atoms with E-state index in [2.05, 4.69) is 23.8 Å². The number of nitrogens with one attached hydrogen (secondary N) is 2. The summed E-state index contributed by atoms with van der Waals surface area (Å²) in [5, 5.41) is 5.11. The number of alkyl halides is 6. The molecule has 4 aliphatic rings. The van der Waals surface area contributed by atoms with Crippen LogP contribution in [0.25, 0.3) is 43.1 Å². The summed E-state index contributed by atoms with van der Waals surface area (Å²) in [5.74, 6) is -8.59. The zero-order valence-corrected chi connectivity index (χ0v) is 62.6. The molecule has 0 spiro atoms. The molecule has 9 aromatic carbocycles. The number of hydrogen-bond acceptors (Lipinski definition) is 14. The number of piperazine rings is 2. The Morgan fingerprint density at radius 2 is 0.609 bits per heavy atom. The van der Waals surface area contributed by atoms with E-state index in [9.17, 15) is 9.59 Å². The summed E-state index contributed by atoms with van der Waals surface area (Å²) in [6, 6.07) is 21.0. The minimum atomic E-state index is -5.16. The van der Waals surface area contributed by atoms with Crippen molar-refractivity contribution in [2.45, 2.75) is 107 Å². The first kappa shape index (κ1) is 76.8. The van der Waals surface area contributed by atoms with Gasteiger partial charge in [-0.15, -0.1) is 0 Å². The largest absolute Gasteiger partial charge is 0.457 e. The van der Waals surface area contributed by atoms with Gasteiger partial charge in [-0.2, -0.15) is 26.3 Å². The number of imide groups is 2. The van der Waals surface area contributed by atoms with E-state index in [1.54, 1.807) is 118 Å². The van der Waals surface area contributed by atoms with Gasteiger partial charge in [0, 0.05) is 133 Å². The maximum atomic E-state index is 16.3. The number of carbonyl (C=O) groups is 8. The minimum absolute atomic E-state index is 0.00298. The molecule has 20 nitrogen and oxygen atoms in total. The molecule has 26 heteroatoms. The maximum absolute atomic E-state index is 16.3. The van der Waals surface area contributed by atoms with Gasteiger partial charge in [0.25, 0.3) is 23.6 Å². The molecular formula is C84H82F6N8O12. The summed E-state index contributed by atoms with van der Waals surface area (Å²) in [7, 11) is 0. The summed E-state index contributed by atoms with van der Waals surface area (Å²) < 4.78 is 122. The first-order valence-electron chi connectivity index (χ1n) is 36.2. The fourth-order valence-electron chi connectivity index (χ4n) is 15.7. The summed E-state index contributed by atoms with van der Waals surface area (Å²) >= 11 is 0. The van der Waals surface area contributed by atoms with Crippen LogP contribution < -0.4 is 29.6 Å². The van der Waals surface area contributed by atoms with Crippen LogP contribution in [0, 0.1) is 55.4 Å². The van der Waals surface area contributed by atoms with Crippen LogP contribution in [-0.2, 0) is 19.2 Å². The molecule has 2 fully saturated rings. The molecular weight excluding hydrogens is 1430 g/mol. The van der Waals surface area contributed by atoms with E-state index in [0.29, 0.717) is 67.4 Å². The number of aryl methyl sites for hydroxylation is 8. The van der Waals surface area contributed by atoms with Gasteiger partial charge < -0.3 is 39.4 Å². The van der Waals surface area contributed by atoms with Gasteiger partial charge in [0.1, 0.15) is 58.1 Å². The van der Waals surface area contributed by atoms with Gasteiger partial charge >= 0.3 is 12.4 Å². The molecule has 0 aromatic heterocycles. The molecule has 0 bridgehead atoms. The van der Waals surface area contributed by atoms with E-state index in [4.69, 9.17) is 18.9 Å². The van der Waals surface area contributed by atoms with Gasteiger partial charge in [-0.25, -0.2) is 0 Å². The average Bonchev–Trinajstić information content (AvgIpc) is 0.670. The highest BCUT2D eigenvalue weighted by atomic mass is 19.4. The van der Waals surface area contributed by atoms with Crippen LogP contribution in [0.5, 0.6) is 46.0 Å². The highest BCUT2D eigenvalue weighted by molar-refractivity contribution is 6.45. The molecule has 572 valence electrons. The van der Waals surface area contributed by atoms with E-state index in [1.165, 1.54) is 34.1 Å². The molecule has 0 radical (unpaired) electrons. The Hall–Kier alpha value is -11.4. The average molecular weight is 1510 g/mol. The first-order valence-corrected chi connectivity index (χ1v) is 36.2. The lowest BCUT2D eigenvalue weighted by atomic mass is 9.80. The summed E-state index contributed by atoms with van der Waals surface area (Å²) in [6.45, 7) is 26.0. The summed E-state index contributed by atoms with van der Waals surface area (Å²) in [6.07, 6.45) is -14.2. The Kier molecular flexibility index (Phi) is 20.9. The third kappa shape index (κ3) is 15.5. The number of ether oxygens (including phenoxy) is 4. The third-order valence-electron chi connectivity index (χ3n) is 20.3. The van der Waals surface area contributed by atoms with Gasteiger partial charge in [0.2, 0.25) is 23.6 Å². The molecule has 4 heterocycles. The van der Waals surface area contributed by atoms with Crippen molar-refractivity contribution in [3.8, 4) is 46.0 Å². The highest BCUT2D eigenvalue weighted by Crippen LogP contribution is 2.59. The number of benzene rings is 9. The predicted molar refractivity (Wildman–Crippen MR) is 403 cm³/mol. The monoisotopic (exact) mass is 1510 g/mol. The number of halogens is 6. The van der Waals surface area contributed by atoms with Gasteiger partial charge in [-0.1, -0.05) is 37.4 Å². The molecule has 9 aromatic rings. The Bertz CT molecular complexity index is 4740. The third-order valence-corrected chi connectivity index (χ3v) is 20.3. The van der Waals surface area contributed by atoms with Crippen LogP contribution in [0.2, 0.25) is 0 Å². The molecule has 13 rings (SSSR count). The van der Waals surface area contributed by atoms with Crippen LogP contribution in [0.15, 0.2) is 121 Å². The van der Waals surface area contributed by atoms with Gasteiger partial charge in [0.15, 0.2) is 0 Å². The SMILES string of the molecule is C=C(C)C(=O)NCCN1CCN(C(=O)C(CC(F)(F)F)N2C(=O)c3cc(Oc4cc(C)cc(C)c4)c4c5c(Oc6cc(C)cc(C)c6)cc6c7c(cc(Oc8cc(C)cc(C)c8)c(c8c(Oc9cc(C)cc(C)c9)cc(c3c48)C2=O)c75)C(=O)N(C(CC(F)(F)F)C(=O)N2CCN(CCNC(=O)C(=C)C)CC2)C6=O)CC1. The van der Waals surface area contributed by atoms with Crippen molar-refractivity contribution in [2.75, 3.05) is 78.5 Å². The van der Waals surface area contributed by atoms with Crippen LogP contribution >= 0.6 is 0 Å². The van der Waals surface area contributed by atoms with Crippen LogP contribution in [-0.4, -0.2) is 180 Å². The Morgan fingerprint density at radius 1 is 0.373 bits per heavy atom. The standard InChI is InChI=1S/C84H82F6N8O12/c1-43(2)75(99)91-13-15-93-17-21-95(22-18-93)81(105)61(41-83(85,86)87)97-77(101)57-37-63(107-53-29-45(5)25-46(6)30-53)69-71-65(109-55-33-49(9)27-50(10)34-55)39-59-68-60(80(104)98(79(59)103)62(42-84(88,89)90)82(106)96-23-19-94(20-24-96)16-14-92-76(100)44(3)4)40-66(110-56-35-51(11)28-52(12)36-56)72(74(68)71)70-64(38-58(78(97)102)67(57)73(69)70)108-54-31-47(7)26-48(8)32-54/h25-40,61-62H,1,3,13-24,41-42H2,2,4-12H3,(H,91,99)(H,92,100). The number of hydrogen-bond donors (Lipinski definition) is 2. The Labute approximate surface area is 630 Å². The summed E-state index contributed by atoms with van der Waals surface area (Å²) in [5.41, 5.74) is 4.53. The van der Waals surface area contributed by atoms with Crippen molar-refractivity contribution in [1.82, 2.24) is 40.0 Å². The molecule has 2 unspecified atom stereocenters. The zero-order chi connectivity index (χ0) is 79.0. The predicted octanol–water partition coefficient (Wildman–Crippen LogP) is 14.9. The Balaban J connectivity index is 1.11. The van der Waals surface area contributed by atoms with E-state index in [1.807, 2.05) is 34.1 Å². The van der Waals surface area contributed by atoms with Gasteiger partial charge in [-0.3, -0.25) is 58.0 Å². The van der Waals surface area contributed by atoms with E-state index in [0.717, 1.165) is 0 Å². The van der Waals surface area contributed by atoms with Gasteiger partial charge in [0.05, 0.1) is 35.1 Å². The number of carbonyl (C=O) groups excluding carboxylic acids is 8. The maximum Gasteiger partial charge on any atom is 0.391 e. The molecule has 8 amide bonds. The van der Waals surface area contributed by atoms with E-state index < -0.39 is 95.0 Å². The smallest absolute Gasteiger partial charge is 0.391 e. The van der Waals surface area contributed by atoms with Crippen LogP contribution in [0.1, 0.15) is 113 Å². The highest BCUT2D eigenvalue weighted by Gasteiger charge is 2.51. The van der Waals surface area contributed by atoms with Crippen LogP contribution in [0.3, 0.4) is 0 Å². The Morgan fingerprint density at radius 3 is 0.827 bits per heavy atom. The lowest BCUT2D eigenvalue weighted by Crippen LogP contribution is -2.59. The first-order chi connectivity index (χ1) is 52.0. The normalized spacial score (nSPS) is 15.6. The molecule has 2 atom stereocenters. The quantitative estimate of drug-likeness (QED) is 0.0212. The fraction of sp³-hybridized carbons (Fsp3) is 0.333. The fourth-order valence-corrected chi connectivity index (χ4v) is 15.7. The van der Waals surface area contributed by atoms with Gasteiger partial charge in [-0.05, 0) is 187 Å². The lowest BCUT2D eigenvalue weighted by Gasteiger charge is -2.40. The number of rotatable bonds is 22. The van der Waals surface area contributed by atoms with E-state index in [-0.39, 0.29) is 177 Å². The van der Waals surface area contributed by atoms with Crippen molar-refractivity contribution < 1.29 is 83.6 Å². The van der Waals surface area contributed by atoms with Crippen molar-refractivity contribution in [3.63, 3.8) is 0 Å². The molecule has 2 N–H and O–H groups in total. The van der Waals surface area contributed by atoms with Crippen molar-refractivity contribution in [3.05, 3.63) is 188 Å². The van der Waals surface area contributed by atoms with E-state index >= 15 is 55.1 Å². The van der Waals surface area contributed by atoms with Crippen LogP contribution in [0.4, 0.5) is 26.3 Å². The lowest BCUT2D eigenvalue weighted by molar-refractivity contribution is -0.159. The number of nitrogens with zero attached hydrogens (tertiary/aromatic N) is 6. The molecule has 0 saturated carbocycles. The zero-order valence-electron chi connectivity index (χ0n) is 62.6. The molecule has 110 heavy (non-hydrogen) atoms. The second-order valence-electron chi connectivity index (χ2n) is 29.4. The molecule has 0 aliphatic carbocycles. The second-order valence-corrected chi connectivity index (χ2v) is 29.4. The van der Waals surface area contributed by atoms with Crippen molar-refractivity contribution >= 4 is 90.3 Å². The van der Waals surface area contributed by atoms with Crippen molar-refractivity contribution in [1.29, 1.82) is 0 Å². The molecule has 4 aliphatic heterocycles. The number of amides is 8. The summed E-state index contributed by atoms with van der Waals surface area (Å²) in [4.78, 5) is 127. The topological polar surface area (TPSA) is 217 Å². The van der Waals surface area contributed by atoms with Crippen molar-refractivity contribution in [2.24, 2.45) is 0 Å². The minimum Gasteiger partial charge on any atom is -0.457 e. The molecule has 2 saturated heterocycles. The second kappa shape index (κ2) is 29.9. The number of fused-ring (bicyclic) bond motifs is 2.